The summed E-state index contributed by atoms with van der Waals surface area (Å²) in [5.41, 5.74) is 0.575. The van der Waals surface area contributed by atoms with E-state index < -0.39 is 10.0 Å². The van der Waals surface area contributed by atoms with Gasteiger partial charge in [-0.05, 0) is 6.42 Å². The maximum absolute atomic E-state index is 12.2. The minimum Gasteiger partial charge on any atom is -0.278 e. The molecule has 0 aliphatic rings. The van der Waals surface area contributed by atoms with Crippen molar-refractivity contribution in [3.63, 3.8) is 0 Å². The molecule has 0 aliphatic heterocycles. The summed E-state index contributed by atoms with van der Waals surface area (Å²) in [6, 6.07) is 9.39. The second-order valence-corrected chi connectivity index (χ2v) is 7.25. The lowest BCUT2D eigenvalue weighted by Gasteiger charge is -2.05. The first-order valence-corrected chi connectivity index (χ1v) is 9.26. The summed E-state index contributed by atoms with van der Waals surface area (Å²) in [6.45, 7) is 2.29. The number of nitrogens with one attached hydrogen (secondary N) is 1. The molecular weight excluding hydrogens is 316 g/mol. The lowest BCUT2D eigenvalue weighted by atomic mass is 10.2. The second kappa shape index (κ2) is 7.56. The van der Waals surface area contributed by atoms with Gasteiger partial charge in [0.2, 0.25) is 10.0 Å². The van der Waals surface area contributed by atoms with Crippen molar-refractivity contribution in [1.82, 2.24) is 19.1 Å². The molecule has 1 aromatic carbocycles. The van der Waals surface area contributed by atoms with Crippen LogP contribution in [0.1, 0.15) is 19.8 Å². The Kier molecular flexibility index (Phi) is 5.73. The summed E-state index contributed by atoms with van der Waals surface area (Å²) >= 11 is 0. The number of sulfonamides is 1. The monoisotopic (exact) mass is 338 g/mol. The molecule has 0 unspecified atom stereocenters. The Hall–Kier alpha value is -1.93. The van der Waals surface area contributed by atoms with E-state index in [9.17, 15) is 13.2 Å². The molecule has 8 heteroatoms. The van der Waals surface area contributed by atoms with Crippen LogP contribution in [0.5, 0.6) is 0 Å². The van der Waals surface area contributed by atoms with Gasteiger partial charge in [0.25, 0.3) is 0 Å². The number of unbranched alkanes of at least 4 members (excludes halogenated alkanes) is 1. The van der Waals surface area contributed by atoms with E-state index in [1.54, 1.807) is 7.05 Å². The van der Waals surface area contributed by atoms with Crippen LogP contribution in [-0.4, -0.2) is 35.1 Å². The number of nitrogens with zero attached hydrogens (tertiary/aromatic N) is 3. The van der Waals surface area contributed by atoms with Gasteiger partial charge < -0.3 is 0 Å². The molecule has 0 saturated carbocycles. The summed E-state index contributed by atoms with van der Waals surface area (Å²) in [7, 11) is -1.63. The molecule has 0 atom stereocenters. The zero-order chi connectivity index (χ0) is 16.9. The number of aromatic nitrogens is 3. The van der Waals surface area contributed by atoms with Crippen molar-refractivity contribution in [2.45, 2.75) is 26.3 Å². The van der Waals surface area contributed by atoms with E-state index in [0.717, 1.165) is 12.0 Å². The summed E-state index contributed by atoms with van der Waals surface area (Å²) in [5.74, 6) is 0.667. The highest BCUT2D eigenvalue weighted by Gasteiger charge is 2.13. The van der Waals surface area contributed by atoms with E-state index in [1.165, 1.54) is 9.25 Å². The third-order valence-electron chi connectivity index (χ3n) is 3.49. The average molecular weight is 338 g/mol. The standard InChI is InChI=1S/C15H22N4O3S/c1-3-4-12-23(21,22)16-10-11-19-15(20)18(2)14(17-19)13-8-6-5-7-9-13/h5-9,16H,3-4,10-12H2,1-2H3. The molecule has 0 radical (unpaired) electrons. The number of rotatable bonds is 8. The SMILES string of the molecule is CCCCS(=O)(=O)NCCn1nc(-c2ccccc2)n(C)c1=O. The Labute approximate surface area is 136 Å². The van der Waals surface area contributed by atoms with E-state index >= 15 is 0 Å². The van der Waals surface area contributed by atoms with Gasteiger partial charge in [0.05, 0.1) is 12.3 Å². The Morgan fingerprint density at radius 2 is 1.91 bits per heavy atom. The lowest BCUT2D eigenvalue weighted by molar-refractivity contribution is 0.549. The Bertz CT molecular complexity index is 794. The molecule has 7 nitrogen and oxygen atoms in total. The number of benzene rings is 1. The van der Waals surface area contributed by atoms with Crippen molar-refractivity contribution >= 4 is 10.0 Å². The van der Waals surface area contributed by atoms with Gasteiger partial charge in [0.15, 0.2) is 5.82 Å². The highest BCUT2D eigenvalue weighted by Crippen LogP contribution is 2.13. The molecular formula is C15H22N4O3S. The van der Waals surface area contributed by atoms with Crippen LogP contribution in [0, 0.1) is 0 Å². The quantitative estimate of drug-likeness (QED) is 0.777. The number of hydrogen-bond acceptors (Lipinski definition) is 4. The molecule has 1 aromatic heterocycles. The largest absolute Gasteiger partial charge is 0.345 e. The van der Waals surface area contributed by atoms with Gasteiger partial charge in [-0.2, -0.15) is 0 Å². The molecule has 0 saturated heterocycles. The van der Waals surface area contributed by atoms with Crippen LogP contribution in [0.2, 0.25) is 0 Å². The summed E-state index contributed by atoms with van der Waals surface area (Å²) < 4.78 is 28.7. The van der Waals surface area contributed by atoms with Gasteiger partial charge in [-0.15, -0.1) is 5.10 Å². The predicted octanol–water partition coefficient (Wildman–Crippen LogP) is 0.968. The molecule has 2 aromatic rings. The van der Waals surface area contributed by atoms with Gasteiger partial charge in [-0.3, -0.25) is 4.57 Å². The van der Waals surface area contributed by atoms with E-state index in [4.69, 9.17) is 0 Å². The third kappa shape index (κ3) is 4.52. The van der Waals surface area contributed by atoms with Crippen LogP contribution in [0.15, 0.2) is 35.1 Å². The van der Waals surface area contributed by atoms with Gasteiger partial charge in [0, 0.05) is 19.2 Å². The van der Waals surface area contributed by atoms with Crippen molar-refractivity contribution in [3.05, 3.63) is 40.8 Å². The molecule has 0 aliphatic carbocycles. The van der Waals surface area contributed by atoms with Gasteiger partial charge in [-0.1, -0.05) is 43.7 Å². The first-order chi connectivity index (χ1) is 10.9. The molecule has 0 fully saturated rings. The lowest BCUT2D eigenvalue weighted by Crippen LogP contribution is -2.33. The van der Waals surface area contributed by atoms with E-state index in [0.29, 0.717) is 12.2 Å². The highest BCUT2D eigenvalue weighted by atomic mass is 32.2. The third-order valence-corrected chi connectivity index (χ3v) is 4.96. The van der Waals surface area contributed by atoms with E-state index in [-0.39, 0.29) is 24.5 Å². The smallest absolute Gasteiger partial charge is 0.278 e. The first-order valence-electron chi connectivity index (χ1n) is 7.61. The molecule has 2 rings (SSSR count). The van der Waals surface area contributed by atoms with Crippen LogP contribution in [0.25, 0.3) is 11.4 Å². The summed E-state index contributed by atoms with van der Waals surface area (Å²) in [5, 5.41) is 4.29. The minimum atomic E-state index is -3.28. The van der Waals surface area contributed by atoms with Crippen molar-refractivity contribution in [3.8, 4) is 11.4 Å². The molecule has 1 N–H and O–H groups in total. The first kappa shape index (κ1) is 17.4. The topological polar surface area (TPSA) is 86.0 Å². The molecule has 0 bridgehead atoms. The van der Waals surface area contributed by atoms with Crippen LogP contribution in [0.4, 0.5) is 0 Å². The van der Waals surface area contributed by atoms with Gasteiger partial charge >= 0.3 is 5.69 Å². The Morgan fingerprint density at radius 3 is 2.57 bits per heavy atom. The zero-order valence-electron chi connectivity index (χ0n) is 13.4. The average Bonchev–Trinajstić information content (AvgIpc) is 2.82. The predicted molar refractivity (Wildman–Crippen MR) is 89.6 cm³/mol. The van der Waals surface area contributed by atoms with Crippen molar-refractivity contribution in [2.75, 3.05) is 12.3 Å². The van der Waals surface area contributed by atoms with Crippen LogP contribution in [-0.2, 0) is 23.6 Å². The van der Waals surface area contributed by atoms with Gasteiger partial charge in [0.1, 0.15) is 0 Å². The maximum Gasteiger partial charge on any atom is 0.345 e. The Balaban J connectivity index is 2.06. The zero-order valence-corrected chi connectivity index (χ0v) is 14.2. The molecule has 0 amide bonds. The van der Waals surface area contributed by atoms with Crippen LogP contribution >= 0.6 is 0 Å². The maximum atomic E-state index is 12.2. The van der Waals surface area contributed by atoms with Crippen LogP contribution in [0.3, 0.4) is 0 Å². The summed E-state index contributed by atoms with van der Waals surface area (Å²) in [4.78, 5) is 12.2. The normalized spacial score (nSPS) is 11.7. The fourth-order valence-corrected chi connectivity index (χ4v) is 3.40. The van der Waals surface area contributed by atoms with Crippen molar-refractivity contribution in [2.24, 2.45) is 7.05 Å². The Morgan fingerprint density at radius 1 is 1.22 bits per heavy atom. The fourth-order valence-electron chi connectivity index (χ4n) is 2.19. The highest BCUT2D eigenvalue weighted by molar-refractivity contribution is 7.89. The van der Waals surface area contributed by atoms with E-state index in [2.05, 4.69) is 9.82 Å². The summed E-state index contributed by atoms with van der Waals surface area (Å²) in [6.07, 6.45) is 1.44. The van der Waals surface area contributed by atoms with Crippen molar-refractivity contribution in [1.29, 1.82) is 0 Å². The molecule has 126 valence electrons. The van der Waals surface area contributed by atoms with Gasteiger partial charge in [-0.25, -0.2) is 22.6 Å². The second-order valence-electron chi connectivity index (χ2n) is 5.32. The molecule has 23 heavy (non-hydrogen) atoms. The number of hydrogen-bond donors (Lipinski definition) is 1. The van der Waals surface area contributed by atoms with Crippen LogP contribution < -0.4 is 10.4 Å². The van der Waals surface area contributed by atoms with E-state index in [1.807, 2.05) is 37.3 Å². The molecule has 0 spiro atoms. The minimum absolute atomic E-state index is 0.107. The fraction of sp³-hybridized carbons (Fsp3) is 0.467. The van der Waals surface area contributed by atoms with Crippen molar-refractivity contribution < 1.29 is 8.42 Å². The molecule has 1 heterocycles.